The fraction of sp³-hybridized carbons (Fsp3) is 0.227. The lowest BCUT2D eigenvalue weighted by Crippen LogP contribution is -2.40. The van der Waals surface area contributed by atoms with Gasteiger partial charge in [0.1, 0.15) is 11.4 Å². The molecule has 0 unspecified atom stereocenters. The zero-order valence-corrected chi connectivity index (χ0v) is 40.3. The van der Waals surface area contributed by atoms with Gasteiger partial charge in [0.05, 0.1) is 54.4 Å². The summed E-state index contributed by atoms with van der Waals surface area (Å²) < 4.78 is 38.4. The monoisotopic (exact) mass is 1010 g/mol. The predicted molar refractivity (Wildman–Crippen MR) is 256 cm³/mol. The number of hydrogen-bond acceptors (Lipinski definition) is 14. The summed E-state index contributed by atoms with van der Waals surface area (Å²) in [7, 11) is -5.17. The van der Waals surface area contributed by atoms with Crippen LogP contribution in [0.4, 0.5) is 45.5 Å². The normalized spacial score (nSPS) is 11.1. The molecule has 0 fully saturated rings. The molecule has 352 valence electrons. The van der Waals surface area contributed by atoms with Crippen molar-refractivity contribution in [2.24, 2.45) is 20.5 Å². The van der Waals surface area contributed by atoms with Crippen LogP contribution in [0.1, 0.15) is 25.0 Å². The molecule has 0 saturated carbocycles. The molecule has 0 radical (unpaired) electrons. The molecule has 0 saturated heterocycles. The van der Waals surface area contributed by atoms with E-state index in [1.807, 2.05) is 74.5 Å². The molecule has 6 rings (SSSR count). The summed E-state index contributed by atoms with van der Waals surface area (Å²) in [4.78, 5) is 25.3. The van der Waals surface area contributed by atoms with Crippen LogP contribution in [-0.2, 0) is 23.5 Å². The van der Waals surface area contributed by atoms with Crippen molar-refractivity contribution in [2.45, 2.75) is 40.8 Å². The summed E-state index contributed by atoms with van der Waals surface area (Å²) in [5.41, 5.74) is 5.45. The molecule has 0 aliphatic rings. The SMILES string of the molecule is CCN(CC[n+]1ccccc1)c1ccc(N=Nc2c(Cl)cc([N+](=O)[O-])cc2Cl)c(C)c1.CCN(CC[n+]1ccccc1)c1ccc(N=Nc2c(Cl)cc([N+](=O)[O-])cc2Cl)c(C)c1.O=S(=O)([O-])[O-]. The largest absolute Gasteiger partial charge is 0.759 e. The highest BCUT2D eigenvalue weighted by atomic mass is 35.5. The molecule has 6 aromatic rings. The van der Waals surface area contributed by atoms with Gasteiger partial charge in [-0.1, -0.05) is 58.5 Å². The Morgan fingerprint density at radius 2 is 0.866 bits per heavy atom. The molecule has 0 aliphatic carbocycles. The number of nitrogens with zero attached hydrogens (tertiary/aromatic N) is 10. The second kappa shape index (κ2) is 25.6. The van der Waals surface area contributed by atoms with E-state index >= 15 is 0 Å². The third kappa shape index (κ3) is 17.2. The van der Waals surface area contributed by atoms with E-state index in [4.69, 9.17) is 63.9 Å². The summed E-state index contributed by atoms with van der Waals surface area (Å²) in [6.45, 7) is 13.4. The maximum absolute atomic E-state index is 10.9. The van der Waals surface area contributed by atoms with Gasteiger partial charge < -0.3 is 18.9 Å². The number of halogens is 4. The second-order valence-corrected chi connectivity index (χ2v) is 16.6. The number of hydrogen-bond donors (Lipinski definition) is 0. The first kappa shape index (κ1) is 53.4. The number of rotatable bonds is 16. The molecule has 0 amide bonds. The Labute approximate surface area is 407 Å². The Kier molecular flexibility index (Phi) is 20.5. The van der Waals surface area contributed by atoms with Crippen molar-refractivity contribution < 1.29 is 36.5 Å². The van der Waals surface area contributed by atoms with Crippen LogP contribution in [0.5, 0.6) is 0 Å². The van der Waals surface area contributed by atoms with Crippen molar-refractivity contribution in [3.63, 3.8) is 0 Å². The maximum Gasteiger partial charge on any atom is 0.272 e. The van der Waals surface area contributed by atoms with E-state index in [2.05, 4.69) is 90.2 Å². The van der Waals surface area contributed by atoms with Gasteiger partial charge >= 0.3 is 0 Å². The van der Waals surface area contributed by atoms with Crippen molar-refractivity contribution >= 4 is 102 Å². The molecule has 0 atom stereocenters. The van der Waals surface area contributed by atoms with Crippen LogP contribution < -0.4 is 18.9 Å². The summed E-state index contributed by atoms with van der Waals surface area (Å²) >= 11 is 24.4. The average molecular weight is 1010 g/mol. The first-order chi connectivity index (χ1) is 31.8. The van der Waals surface area contributed by atoms with Gasteiger partial charge in [0.25, 0.3) is 11.4 Å². The topological polar surface area (TPSA) is 230 Å². The number of aromatic nitrogens is 2. The summed E-state index contributed by atoms with van der Waals surface area (Å²) in [5.74, 6) is 0. The summed E-state index contributed by atoms with van der Waals surface area (Å²) in [6, 6.07) is 28.8. The van der Waals surface area contributed by atoms with Crippen LogP contribution in [0.3, 0.4) is 0 Å². The van der Waals surface area contributed by atoms with E-state index in [9.17, 15) is 20.2 Å². The summed E-state index contributed by atoms with van der Waals surface area (Å²) in [6.07, 6.45) is 8.21. The van der Waals surface area contributed by atoms with Gasteiger partial charge in [-0.3, -0.25) is 28.6 Å². The van der Waals surface area contributed by atoms with E-state index in [0.29, 0.717) is 11.4 Å². The van der Waals surface area contributed by atoms with Gasteiger partial charge in [-0.15, -0.1) is 10.2 Å². The first-order valence-corrected chi connectivity index (χ1v) is 23.0. The Balaban J connectivity index is 0.000000266. The van der Waals surface area contributed by atoms with Crippen LogP contribution in [0.15, 0.2) is 142 Å². The standard InChI is InChI=1S/2C22H22Cl2N5O2.H2O4S/c2*1-3-28(12-11-27-9-5-4-6-10-27)17-7-8-21(16(2)13-17)25-26-22-19(23)14-18(29(30)31)15-20(22)24;1-5(2,3)4/h2*4-10,13-15H,3,11-12H2,1-2H3;(H2,1,2,3,4)/q2*+1;/p-2. The fourth-order valence-electron chi connectivity index (χ4n) is 6.19. The number of azo groups is 2. The molecular formula is C44H44Cl4N10O8S. The quantitative estimate of drug-likeness (QED) is 0.0222. The average Bonchev–Trinajstić information content (AvgIpc) is 3.27. The third-order valence-electron chi connectivity index (χ3n) is 9.61. The number of anilines is 2. The van der Waals surface area contributed by atoms with Crippen molar-refractivity contribution in [1.29, 1.82) is 0 Å². The van der Waals surface area contributed by atoms with Gasteiger partial charge in [0.2, 0.25) is 0 Å². The smallest absolute Gasteiger partial charge is 0.272 e. The molecule has 0 aliphatic heterocycles. The number of nitro groups is 2. The minimum atomic E-state index is -5.17. The minimum Gasteiger partial charge on any atom is -0.759 e. The Morgan fingerprint density at radius 1 is 0.552 bits per heavy atom. The number of benzene rings is 4. The number of likely N-dealkylation sites (N-methyl/N-ethyl adjacent to an activating group) is 2. The zero-order valence-electron chi connectivity index (χ0n) is 36.4. The number of aryl methyl sites for hydroxylation is 2. The van der Waals surface area contributed by atoms with Crippen molar-refractivity contribution in [3.05, 3.63) is 173 Å². The zero-order chi connectivity index (χ0) is 49.3. The van der Waals surface area contributed by atoms with Crippen LogP contribution in [0.25, 0.3) is 0 Å². The van der Waals surface area contributed by atoms with Crippen LogP contribution in [0.2, 0.25) is 20.1 Å². The minimum absolute atomic E-state index is 0.0767. The molecule has 0 spiro atoms. The molecule has 23 heteroatoms. The van der Waals surface area contributed by atoms with Crippen LogP contribution in [0, 0.1) is 34.1 Å². The van der Waals surface area contributed by atoms with E-state index < -0.39 is 20.2 Å². The van der Waals surface area contributed by atoms with Crippen LogP contribution in [-0.4, -0.2) is 53.5 Å². The Hall–Kier alpha value is -6.19. The van der Waals surface area contributed by atoms with Crippen molar-refractivity contribution in [3.8, 4) is 0 Å². The Morgan fingerprint density at radius 3 is 1.13 bits per heavy atom. The third-order valence-corrected chi connectivity index (χ3v) is 10.8. The second-order valence-electron chi connectivity index (χ2n) is 14.2. The van der Waals surface area contributed by atoms with Gasteiger partial charge in [0.15, 0.2) is 37.9 Å². The maximum atomic E-state index is 10.9. The molecule has 0 N–H and O–H groups in total. The molecular weight excluding hydrogens is 970 g/mol. The van der Waals surface area contributed by atoms with Gasteiger partial charge in [-0.25, -0.2) is 9.13 Å². The lowest BCUT2D eigenvalue weighted by molar-refractivity contribution is -0.694. The molecule has 4 aromatic carbocycles. The fourth-order valence-corrected chi connectivity index (χ4v) is 7.29. The van der Waals surface area contributed by atoms with Gasteiger partial charge in [-0.05, 0) is 75.2 Å². The number of nitro benzene ring substituents is 2. The van der Waals surface area contributed by atoms with E-state index in [0.717, 1.165) is 61.8 Å². The Bertz CT molecular complexity index is 2600. The predicted octanol–water partition coefficient (Wildman–Crippen LogP) is 11.5. The van der Waals surface area contributed by atoms with Crippen molar-refractivity contribution in [1.82, 2.24) is 0 Å². The van der Waals surface area contributed by atoms with E-state index in [1.165, 1.54) is 24.3 Å². The molecule has 2 aromatic heterocycles. The number of non-ortho nitro benzene ring substituents is 2. The van der Waals surface area contributed by atoms with Gasteiger partial charge in [0, 0.05) is 83.4 Å². The van der Waals surface area contributed by atoms with Crippen molar-refractivity contribution in [2.75, 3.05) is 36.0 Å². The van der Waals surface area contributed by atoms with Gasteiger partial charge in [-0.2, -0.15) is 10.2 Å². The van der Waals surface area contributed by atoms with E-state index in [-0.39, 0.29) is 42.8 Å². The highest BCUT2D eigenvalue weighted by Gasteiger charge is 2.17. The molecule has 18 nitrogen and oxygen atoms in total. The first-order valence-electron chi connectivity index (χ1n) is 20.1. The molecule has 67 heavy (non-hydrogen) atoms. The summed E-state index contributed by atoms with van der Waals surface area (Å²) in [5, 5.41) is 38.9. The lowest BCUT2D eigenvalue weighted by atomic mass is 10.1. The lowest BCUT2D eigenvalue weighted by Gasteiger charge is -2.22. The highest BCUT2D eigenvalue weighted by molar-refractivity contribution is 7.79. The molecule has 0 bridgehead atoms. The molecule has 2 heterocycles. The van der Waals surface area contributed by atoms with Crippen LogP contribution >= 0.6 is 46.4 Å². The number of pyridine rings is 2. The highest BCUT2D eigenvalue weighted by Crippen LogP contribution is 2.40. The van der Waals surface area contributed by atoms with E-state index in [1.54, 1.807) is 0 Å².